The molecule has 27 heavy (non-hydrogen) atoms. The molecule has 0 aliphatic carbocycles. The first-order valence-corrected chi connectivity index (χ1v) is 11.3. The Labute approximate surface area is 172 Å². The van der Waals surface area contributed by atoms with Gasteiger partial charge in [0.25, 0.3) is 0 Å². The molecule has 2 nitrogen and oxygen atoms in total. The quantitative estimate of drug-likeness (QED) is 0.134. The van der Waals surface area contributed by atoms with Crippen molar-refractivity contribution < 1.29 is 4.74 Å². The van der Waals surface area contributed by atoms with Crippen LogP contribution in [-0.2, 0) is 0 Å². The molecular weight excluding hydrogens is 350 g/mol. The lowest BCUT2D eigenvalue weighted by Crippen LogP contribution is -2.04. The molecule has 0 aromatic heterocycles. The van der Waals surface area contributed by atoms with Crippen LogP contribution in [0.3, 0.4) is 0 Å². The van der Waals surface area contributed by atoms with Crippen molar-refractivity contribution in [3.63, 3.8) is 0 Å². The van der Waals surface area contributed by atoms with E-state index in [1.54, 1.807) is 0 Å². The molecule has 0 aliphatic heterocycles. The van der Waals surface area contributed by atoms with E-state index in [9.17, 15) is 0 Å². The van der Waals surface area contributed by atoms with E-state index in [2.05, 4.69) is 19.1 Å². The highest BCUT2D eigenvalue weighted by molar-refractivity contribution is 7.80. The lowest BCUT2D eigenvalue weighted by Gasteiger charge is -2.07. The third kappa shape index (κ3) is 14.4. The van der Waals surface area contributed by atoms with E-state index in [-0.39, 0.29) is 0 Å². The molecule has 3 heteroatoms. The van der Waals surface area contributed by atoms with Crippen molar-refractivity contribution in [2.75, 3.05) is 5.73 Å². The molecule has 152 valence electrons. The molecule has 0 heterocycles. The number of hydrogen-bond acceptors (Lipinski definition) is 3. The molecule has 0 atom stereocenters. The molecule has 0 saturated carbocycles. The smallest absolute Gasteiger partial charge is 0.167 e. The monoisotopic (exact) mass is 389 g/mol. The van der Waals surface area contributed by atoms with E-state index >= 15 is 0 Å². The molecule has 1 rings (SSSR count). The number of hydrogen-bond donors (Lipinski definition) is 1. The van der Waals surface area contributed by atoms with Crippen LogP contribution in [0.1, 0.15) is 96.8 Å². The number of allylic oxidation sites excluding steroid dienone is 2. The van der Waals surface area contributed by atoms with Crippen molar-refractivity contribution in [2.24, 2.45) is 0 Å². The average molecular weight is 390 g/mol. The fourth-order valence-electron chi connectivity index (χ4n) is 3.06. The summed E-state index contributed by atoms with van der Waals surface area (Å²) in [5.74, 6) is 0.780. The molecule has 0 aliphatic rings. The van der Waals surface area contributed by atoms with Crippen LogP contribution in [0.5, 0.6) is 5.75 Å². The van der Waals surface area contributed by atoms with Crippen molar-refractivity contribution in [3.05, 3.63) is 36.4 Å². The SMILES string of the molecule is CCCCCCCCC=CCCCCCCCC(=S)Oc1ccc(N)cc1. The molecule has 0 spiro atoms. The first kappa shape index (κ1) is 23.7. The van der Waals surface area contributed by atoms with E-state index < -0.39 is 0 Å². The molecule has 1 aromatic rings. The Morgan fingerprint density at radius 1 is 0.815 bits per heavy atom. The second-order valence-electron chi connectivity index (χ2n) is 7.38. The van der Waals surface area contributed by atoms with Crippen LogP contribution in [0, 0.1) is 0 Å². The van der Waals surface area contributed by atoms with Crippen LogP contribution >= 0.6 is 12.2 Å². The van der Waals surface area contributed by atoms with Crippen LogP contribution in [0.15, 0.2) is 36.4 Å². The first-order valence-electron chi connectivity index (χ1n) is 10.9. The largest absolute Gasteiger partial charge is 0.450 e. The molecule has 1 aromatic carbocycles. The van der Waals surface area contributed by atoms with Gasteiger partial charge in [0.2, 0.25) is 0 Å². The van der Waals surface area contributed by atoms with E-state index in [1.165, 1.54) is 77.0 Å². The van der Waals surface area contributed by atoms with E-state index in [0.29, 0.717) is 5.05 Å². The number of rotatable bonds is 16. The minimum Gasteiger partial charge on any atom is -0.450 e. The summed E-state index contributed by atoms with van der Waals surface area (Å²) >= 11 is 5.31. The maximum absolute atomic E-state index is 5.66. The van der Waals surface area contributed by atoms with Crippen LogP contribution in [0.2, 0.25) is 0 Å². The summed E-state index contributed by atoms with van der Waals surface area (Å²) in [4.78, 5) is 0. The Morgan fingerprint density at radius 2 is 1.33 bits per heavy atom. The number of nitrogens with two attached hydrogens (primary N) is 1. The molecule has 0 unspecified atom stereocenters. The number of thiocarbonyl (C=S) groups is 1. The van der Waals surface area contributed by atoms with Gasteiger partial charge in [-0.1, -0.05) is 70.4 Å². The Hall–Kier alpha value is -1.35. The lowest BCUT2D eigenvalue weighted by molar-refractivity contribution is 0.534. The topological polar surface area (TPSA) is 35.2 Å². The maximum atomic E-state index is 5.66. The van der Waals surface area contributed by atoms with Gasteiger partial charge in [-0.05, 0) is 68.6 Å². The molecule has 2 N–H and O–H groups in total. The van der Waals surface area contributed by atoms with Crippen molar-refractivity contribution in [2.45, 2.75) is 96.8 Å². The van der Waals surface area contributed by atoms with Gasteiger partial charge in [0.15, 0.2) is 5.05 Å². The van der Waals surface area contributed by atoms with Gasteiger partial charge in [-0.15, -0.1) is 0 Å². The summed E-state index contributed by atoms with van der Waals surface area (Å²) in [6.45, 7) is 2.27. The highest BCUT2D eigenvalue weighted by Crippen LogP contribution is 2.15. The number of nitrogen functional groups attached to an aromatic ring is 1. The van der Waals surface area contributed by atoms with E-state index in [0.717, 1.165) is 24.3 Å². The minimum absolute atomic E-state index is 0.678. The van der Waals surface area contributed by atoms with Gasteiger partial charge < -0.3 is 10.5 Å². The van der Waals surface area contributed by atoms with Gasteiger partial charge >= 0.3 is 0 Å². The summed E-state index contributed by atoms with van der Waals surface area (Å²) in [5.41, 5.74) is 6.40. The number of benzene rings is 1. The molecule has 0 amide bonds. The van der Waals surface area contributed by atoms with Gasteiger partial charge in [0, 0.05) is 12.1 Å². The van der Waals surface area contributed by atoms with Crippen LogP contribution in [0.4, 0.5) is 5.69 Å². The fourth-order valence-corrected chi connectivity index (χ4v) is 3.30. The number of unbranched alkanes of at least 4 members (excludes halogenated alkanes) is 11. The predicted molar refractivity (Wildman–Crippen MR) is 124 cm³/mol. The Balaban J connectivity index is 1.86. The zero-order valence-corrected chi connectivity index (χ0v) is 18.1. The van der Waals surface area contributed by atoms with Gasteiger partial charge in [-0.25, -0.2) is 0 Å². The molecular formula is C24H39NOS. The Kier molecular flexibility index (Phi) is 14.7. The van der Waals surface area contributed by atoms with Gasteiger partial charge in [0.1, 0.15) is 5.75 Å². The Morgan fingerprint density at radius 3 is 1.93 bits per heavy atom. The number of ether oxygens (including phenoxy) is 1. The standard InChI is InChI=1S/C24H39NOS/c1-2-3-4-5-6-7-8-9-10-11-12-13-14-15-16-17-24(27)26-23-20-18-22(25)19-21-23/h9-10,18-21H,2-8,11-17,25H2,1H3. The fraction of sp³-hybridized carbons (Fsp3) is 0.625. The summed E-state index contributed by atoms with van der Waals surface area (Å²) < 4.78 is 5.66. The highest BCUT2D eigenvalue weighted by Gasteiger charge is 2.00. The third-order valence-corrected chi connectivity index (χ3v) is 5.04. The number of anilines is 1. The maximum Gasteiger partial charge on any atom is 0.167 e. The highest BCUT2D eigenvalue weighted by atomic mass is 32.1. The summed E-state index contributed by atoms with van der Waals surface area (Å²) in [6.07, 6.45) is 22.7. The van der Waals surface area contributed by atoms with Crippen molar-refractivity contribution in [3.8, 4) is 5.75 Å². The van der Waals surface area contributed by atoms with Gasteiger partial charge in [0.05, 0.1) is 0 Å². The molecule has 0 saturated heterocycles. The van der Waals surface area contributed by atoms with E-state index in [4.69, 9.17) is 22.7 Å². The molecule has 0 radical (unpaired) electrons. The third-order valence-electron chi connectivity index (χ3n) is 4.75. The zero-order chi connectivity index (χ0) is 19.6. The Bertz CT molecular complexity index is 510. The average Bonchev–Trinajstić information content (AvgIpc) is 2.66. The van der Waals surface area contributed by atoms with Crippen LogP contribution in [-0.4, -0.2) is 5.05 Å². The summed E-state index contributed by atoms with van der Waals surface area (Å²) in [5, 5.41) is 0.678. The molecule has 0 bridgehead atoms. The van der Waals surface area contributed by atoms with Crippen molar-refractivity contribution in [1.29, 1.82) is 0 Å². The minimum atomic E-state index is 0.678. The molecule has 0 fully saturated rings. The van der Waals surface area contributed by atoms with Crippen molar-refractivity contribution >= 4 is 23.0 Å². The summed E-state index contributed by atoms with van der Waals surface area (Å²) in [7, 11) is 0. The van der Waals surface area contributed by atoms with Gasteiger partial charge in [-0.3, -0.25) is 0 Å². The normalized spacial score (nSPS) is 11.1. The van der Waals surface area contributed by atoms with Crippen molar-refractivity contribution in [1.82, 2.24) is 0 Å². The van der Waals surface area contributed by atoms with E-state index in [1.807, 2.05) is 24.3 Å². The van der Waals surface area contributed by atoms with Gasteiger partial charge in [-0.2, -0.15) is 0 Å². The first-order chi connectivity index (χ1) is 13.2. The predicted octanol–water partition coefficient (Wildman–Crippen LogP) is 8.01. The second kappa shape index (κ2) is 16.8. The summed E-state index contributed by atoms with van der Waals surface area (Å²) in [6, 6.07) is 7.39. The zero-order valence-electron chi connectivity index (χ0n) is 17.3. The second-order valence-corrected chi connectivity index (χ2v) is 7.83. The van der Waals surface area contributed by atoms with Crippen LogP contribution < -0.4 is 10.5 Å². The van der Waals surface area contributed by atoms with Crippen LogP contribution in [0.25, 0.3) is 0 Å². The lowest BCUT2D eigenvalue weighted by atomic mass is 10.1.